The van der Waals surface area contributed by atoms with E-state index in [-0.39, 0.29) is 6.61 Å². The highest BCUT2D eigenvalue weighted by atomic mass is 32.2. The van der Waals surface area contributed by atoms with E-state index >= 15 is 0 Å². The van der Waals surface area contributed by atoms with Gasteiger partial charge in [0.15, 0.2) is 0 Å². The quantitative estimate of drug-likeness (QED) is 0.754. The number of aliphatic hydroxyl groups is 1. The third kappa shape index (κ3) is 5.33. The molecule has 1 aliphatic heterocycles. The van der Waals surface area contributed by atoms with Crippen molar-refractivity contribution in [3.8, 4) is 0 Å². The van der Waals surface area contributed by atoms with Gasteiger partial charge in [-0.15, -0.1) is 0 Å². The first kappa shape index (κ1) is 16.2. The van der Waals surface area contributed by atoms with Crippen molar-refractivity contribution in [1.82, 2.24) is 4.90 Å². The number of carbonyl (C=O) groups excluding carboxylic acids is 1. The van der Waals surface area contributed by atoms with Gasteiger partial charge in [0.05, 0.1) is 25.0 Å². The third-order valence-electron chi connectivity index (χ3n) is 2.59. The first-order valence-corrected chi connectivity index (χ1v) is 7.83. The lowest BCUT2D eigenvalue weighted by atomic mass is 10.2. The zero-order chi connectivity index (χ0) is 14.8. The van der Waals surface area contributed by atoms with E-state index in [4.69, 9.17) is 4.74 Å². The fraction of sp³-hybridized carbons (Fsp3) is 0.909. The summed E-state index contributed by atoms with van der Waals surface area (Å²) >= 11 is 0. The summed E-state index contributed by atoms with van der Waals surface area (Å²) in [4.78, 5) is 13.2. The Morgan fingerprint density at radius 2 is 2.00 bits per heavy atom. The van der Waals surface area contributed by atoms with E-state index in [1.165, 1.54) is 4.90 Å². The number of likely N-dealkylation sites (tertiary alicyclic amines) is 1. The summed E-state index contributed by atoms with van der Waals surface area (Å²) < 4.78 is 31.8. The standard InChI is InChI=1S/C11H21NO6S/c1-11(2,3)18-10(14)12-6-5-9(13)8(12)7-17-19(4,15)16/h8-9,13H,5-7H2,1-4H3/t8-,9+/m1/s1. The summed E-state index contributed by atoms with van der Waals surface area (Å²) in [6.45, 7) is 5.26. The number of aliphatic hydroxyl groups excluding tert-OH is 1. The van der Waals surface area contributed by atoms with Crippen molar-refractivity contribution in [3.63, 3.8) is 0 Å². The van der Waals surface area contributed by atoms with Gasteiger partial charge in [-0.1, -0.05) is 0 Å². The predicted octanol–water partition coefficient (Wildman–Crippen LogP) is 0.333. The molecule has 1 saturated heterocycles. The molecule has 1 amide bonds. The van der Waals surface area contributed by atoms with Gasteiger partial charge in [0, 0.05) is 6.54 Å². The average molecular weight is 295 g/mol. The smallest absolute Gasteiger partial charge is 0.410 e. The molecule has 1 fully saturated rings. The van der Waals surface area contributed by atoms with Crippen LogP contribution in [0.5, 0.6) is 0 Å². The van der Waals surface area contributed by atoms with Crippen LogP contribution in [-0.4, -0.2) is 61.7 Å². The van der Waals surface area contributed by atoms with Gasteiger partial charge in [0.25, 0.3) is 10.1 Å². The van der Waals surface area contributed by atoms with Crippen LogP contribution in [0.25, 0.3) is 0 Å². The van der Waals surface area contributed by atoms with Crippen LogP contribution < -0.4 is 0 Å². The summed E-state index contributed by atoms with van der Waals surface area (Å²) in [5, 5.41) is 9.78. The molecule has 0 saturated carbocycles. The van der Waals surface area contributed by atoms with Gasteiger partial charge in [-0.05, 0) is 27.2 Å². The molecule has 0 radical (unpaired) electrons. The molecule has 8 heteroatoms. The maximum absolute atomic E-state index is 11.9. The monoisotopic (exact) mass is 295 g/mol. The lowest BCUT2D eigenvalue weighted by Gasteiger charge is -2.29. The molecule has 1 heterocycles. The van der Waals surface area contributed by atoms with Gasteiger partial charge in [0.1, 0.15) is 5.60 Å². The van der Waals surface area contributed by atoms with Crippen LogP contribution in [0.1, 0.15) is 27.2 Å². The number of amides is 1. The molecule has 1 N–H and O–H groups in total. The molecule has 7 nitrogen and oxygen atoms in total. The summed E-state index contributed by atoms with van der Waals surface area (Å²) in [6, 6.07) is -0.704. The highest BCUT2D eigenvalue weighted by Gasteiger charge is 2.38. The normalized spacial score (nSPS) is 24.6. The van der Waals surface area contributed by atoms with Gasteiger partial charge in [-0.25, -0.2) is 4.79 Å². The SMILES string of the molecule is CC(C)(C)OC(=O)N1CC[C@H](O)[C@H]1COS(C)(=O)=O. The zero-order valence-corrected chi connectivity index (χ0v) is 12.4. The minimum Gasteiger partial charge on any atom is -0.444 e. The molecule has 19 heavy (non-hydrogen) atoms. The predicted molar refractivity (Wildman–Crippen MR) is 68.1 cm³/mol. The lowest BCUT2D eigenvalue weighted by molar-refractivity contribution is 0.00902. The van der Waals surface area contributed by atoms with E-state index in [1.807, 2.05) is 0 Å². The first-order chi connectivity index (χ1) is 8.49. The highest BCUT2D eigenvalue weighted by molar-refractivity contribution is 7.85. The van der Waals surface area contributed by atoms with E-state index in [0.29, 0.717) is 13.0 Å². The van der Waals surface area contributed by atoms with E-state index in [2.05, 4.69) is 4.18 Å². The van der Waals surface area contributed by atoms with Gasteiger partial charge in [0.2, 0.25) is 0 Å². The second-order valence-electron chi connectivity index (χ2n) is 5.59. The van der Waals surface area contributed by atoms with Crippen LogP contribution in [-0.2, 0) is 19.0 Å². The molecule has 0 aliphatic carbocycles. The Balaban J connectivity index is 2.69. The third-order valence-corrected chi connectivity index (χ3v) is 3.16. The van der Waals surface area contributed by atoms with Gasteiger partial charge >= 0.3 is 6.09 Å². The second kappa shape index (κ2) is 5.64. The van der Waals surface area contributed by atoms with Gasteiger partial charge in [-0.3, -0.25) is 4.18 Å². The van der Waals surface area contributed by atoms with Crippen molar-refractivity contribution < 1.29 is 27.2 Å². The lowest BCUT2D eigenvalue weighted by Crippen LogP contribution is -2.45. The van der Waals surface area contributed by atoms with E-state index in [9.17, 15) is 18.3 Å². The van der Waals surface area contributed by atoms with E-state index < -0.39 is 34.0 Å². The molecule has 2 atom stereocenters. The van der Waals surface area contributed by atoms with Crippen LogP contribution in [0.2, 0.25) is 0 Å². The van der Waals surface area contributed by atoms with Crippen molar-refractivity contribution in [2.75, 3.05) is 19.4 Å². The molecule has 0 aromatic carbocycles. The molecule has 0 bridgehead atoms. The Kier molecular flexibility index (Phi) is 4.81. The van der Waals surface area contributed by atoms with E-state index in [0.717, 1.165) is 6.26 Å². The summed E-state index contributed by atoms with van der Waals surface area (Å²) in [6.07, 6.45) is -0.0937. The molecule has 0 spiro atoms. The highest BCUT2D eigenvalue weighted by Crippen LogP contribution is 2.22. The first-order valence-electron chi connectivity index (χ1n) is 6.02. The number of rotatable bonds is 3. The number of ether oxygens (including phenoxy) is 1. The van der Waals surface area contributed by atoms with Crippen molar-refractivity contribution in [2.24, 2.45) is 0 Å². The largest absolute Gasteiger partial charge is 0.444 e. The maximum Gasteiger partial charge on any atom is 0.410 e. The fourth-order valence-corrected chi connectivity index (χ4v) is 2.17. The molecular weight excluding hydrogens is 274 g/mol. The topological polar surface area (TPSA) is 93.1 Å². The molecular formula is C11H21NO6S. The number of carbonyl (C=O) groups is 1. The Morgan fingerprint density at radius 3 is 2.47 bits per heavy atom. The molecule has 112 valence electrons. The van der Waals surface area contributed by atoms with Crippen molar-refractivity contribution in [2.45, 2.75) is 44.9 Å². The molecule has 1 aliphatic rings. The van der Waals surface area contributed by atoms with E-state index in [1.54, 1.807) is 20.8 Å². The zero-order valence-electron chi connectivity index (χ0n) is 11.6. The van der Waals surface area contributed by atoms with Crippen LogP contribution >= 0.6 is 0 Å². The second-order valence-corrected chi connectivity index (χ2v) is 7.23. The molecule has 0 unspecified atom stereocenters. The Hall–Kier alpha value is -0.860. The van der Waals surface area contributed by atoms with Crippen molar-refractivity contribution in [1.29, 1.82) is 0 Å². The Morgan fingerprint density at radius 1 is 1.42 bits per heavy atom. The Bertz CT molecular complexity index is 427. The van der Waals surface area contributed by atoms with Crippen LogP contribution in [0, 0.1) is 0 Å². The minimum atomic E-state index is -3.61. The number of nitrogens with zero attached hydrogens (tertiary/aromatic N) is 1. The van der Waals surface area contributed by atoms with Crippen molar-refractivity contribution in [3.05, 3.63) is 0 Å². The Labute approximate surface area is 113 Å². The number of hydrogen-bond acceptors (Lipinski definition) is 6. The summed E-state index contributed by atoms with van der Waals surface area (Å²) in [5.41, 5.74) is -0.646. The van der Waals surface area contributed by atoms with Gasteiger partial charge < -0.3 is 14.7 Å². The fourth-order valence-electron chi connectivity index (χ4n) is 1.78. The molecule has 0 aromatic heterocycles. The molecule has 1 rings (SSSR count). The van der Waals surface area contributed by atoms with Gasteiger partial charge in [-0.2, -0.15) is 8.42 Å². The summed E-state index contributed by atoms with van der Waals surface area (Å²) in [5.74, 6) is 0. The summed E-state index contributed by atoms with van der Waals surface area (Å²) in [7, 11) is -3.61. The number of hydrogen-bond donors (Lipinski definition) is 1. The van der Waals surface area contributed by atoms with Crippen LogP contribution in [0.15, 0.2) is 0 Å². The average Bonchev–Trinajstić information content (AvgIpc) is 2.53. The maximum atomic E-state index is 11.9. The van der Waals surface area contributed by atoms with Crippen LogP contribution in [0.3, 0.4) is 0 Å². The minimum absolute atomic E-state index is 0.265. The van der Waals surface area contributed by atoms with Crippen molar-refractivity contribution >= 4 is 16.2 Å². The molecule has 0 aromatic rings. The van der Waals surface area contributed by atoms with Crippen LogP contribution in [0.4, 0.5) is 4.79 Å².